The second kappa shape index (κ2) is 11.9. The highest BCUT2D eigenvalue weighted by Gasteiger charge is 2.31. The predicted octanol–water partition coefficient (Wildman–Crippen LogP) is 4.75. The summed E-state index contributed by atoms with van der Waals surface area (Å²) in [4.78, 5) is 25.7. The molecular formula is C26H27F4N7O4S. The first-order valence-electron chi connectivity index (χ1n) is 12.8. The van der Waals surface area contributed by atoms with E-state index in [1.165, 1.54) is 18.5 Å². The Bertz CT molecular complexity index is 1740. The average molecular weight is 610 g/mol. The third-order valence-electron chi connectivity index (χ3n) is 6.22. The molecule has 16 heteroatoms. The number of sulfonamides is 1. The number of aromatic nitrogens is 5. The minimum Gasteiger partial charge on any atom is -0.505 e. The van der Waals surface area contributed by atoms with Gasteiger partial charge in [0.1, 0.15) is 17.2 Å². The Labute approximate surface area is 238 Å². The number of Topliss-reactive ketones (excluding diaryl/α,β-unsaturated/α-hetero) is 1. The number of nitrogens with one attached hydrogen (secondary N) is 2. The average Bonchev–Trinajstić information content (AvgIpc) is 3.33. The Kier molecular flexibility index (Phi) is 8.65. The number of aromatic amines is 1. The van der Waals surface area contributed by atoms with Crippen LogP contribution in [0.25, 0.3) is 22.2 Å². The molecule has 3 aromatic heterocycles. The normalized spacial score (nSPS) is 12.1. The number of hydrogen-bond acceptors (Lipinski definition) is 9. The van der Waals surface area contributed by atoms with Crippen molar-refractivity contribution < 1.29 is 35.9 Å². The third-order valence-corrected chi connectivity index (χ3v) is 7.46. The number of carbonyl (C=O) groups excluding carboxylic acids is 1. The lowest BCUT2D eigenvalue weighted by Crippen LogP contribution is -2.31. The van der Waals surface area contributed by atoms with Crippen LogP contribution in [0.5, 0.6) is 5.75 Å². The molecule has 0 aliphatic heterocycles. The SMILES string of the molecule is CCCC(=O)c1n[nH]c2cc(-c3cc(F)c(O)cc3CC(F)(F)F)nc(NCc3nccnc3N(CC)S(C)(=O)=O)c12. The number of fused-ring (bicyclic) bond motifs is 1. The van der Waals surface area contributed by atoms with Crippen molar-refractivity contribution in [2.45, 2.75) is 45.8 Å². The van der Waals surface area contributed by atoms with E-state index in [0.717, 1.165) is 16.6 Å². The van der Waals surface area contributed by atoms with Crippen LogP contribution in [0.4, 0.5) is 29.2 Å². The van der Waals surface area contributed by atoms with E-state index in [1.807, 2.05) is 0 Å². The van der Waals surface area contributed by atoms with Crippen molar-refractivity contribution in [2.24, 2.45) is 0 Å². The Morgan fingerprint density at radius 2 is 1.86 bits per heavy atom. The van der Waals surface area contributed by atoms with Crippen LogP contribution in [0.2, 0.25) is 0 Å². The monoisotopic (exact) mass is 609 g/mol. The van der Waals surface area contributed by atoms with E-state index in [-0.39, 0.29) is 70.5 Å². The second-order valence-electron chi connectivity index (χ2n) is 9.38. The molecule has 4 aromatic rings. The van der Waals surface area contributed by atoms with Gasteiger partial charge in [0.15, 0.2) is 23.2 Å². The maximum absolute atomic E-state index is 14.4. The third kappa shape index (κ3) is 6.58. The molecule has 4 rings (SSSR count). The molecule has 1 aromatic carbocycles. The maximum Gasteiger partial charge on any atom is 0.393 e. The number of hydrogen-bond donors (Lipinski definition) is 3. The van der Waals surface area contributed by atoms with Crippen molar-refractivity contribution in [2.75, 3.05) is 22.4 Å². The molecule has 224 valence electrons. The summed E-state index contributed by atoms with van der Waals surface area (Å²) in [6, 6.07) is 2.77. The number of anilines is 2. The minimum absolute atomic E-state index is 0.00107. The highest BCUT2D eigenvalue weighted by atomic mass is 32.2. The summed E-state index contributed by atoms with van der Waals surface area (Å²) in [5.74, 6) is -2.37. The number of alkyl halides is 3. The molecule has 0 fully saturated rings. The first-order valence-corrected chi connectivity index (χ1v) is 14.6. The van der Waals surface area contributed by atoms with Crippen LogP contribution in [0.15, 0.2) is 30.6 Å². The lowest BCUT2D eigenvalue weighted by atomic mass is 9.99. The van der Waals surface area contributed by atoms with E-state index in [0.29, 0.717) is 12.5 Å². The number of nitrogens with zero attached hydrogens (tertiary/aromatic N) is 5. The molecule has 0 saturated carbocycles. The van der Waals surface area contributed by atoms with Crippen molar-refractivity contribution in [3.63, 3.8) is 0 Å². The van der Waals surface area contributed by atoms with Crippen LogP contribution < -0.4 is 9.62 Å². The van der Waals surface area contributed by atoms with Crippen LogP contribution in [0, 0.1) is 5.82 Å². The van der Waals surface area contributed by atoms with E-state index in [9.17, 15) is 35.9 Å². The summed E-state index contributed by atoms with van der Waals surface area (Å²) in [7, 11) is -3.71. The number of ketones is 1. The fourth-order valence-corrected chi connectivity index (χ4v) is 5.40. The van der Waals surface area contributed by atoms with Crippen LogP contribution in [-0.2, 0) is 23.0 Å². The Morgan fingerprint density at radius 1 is 1.14 bits per heavy atom. The van der Waals surface area contributed by atoms with Crippen molar-refractivity contribution in [3.05, 3.63) is 53.4 Å². The second-order valence-corrected chi connectivity index (χ2v) is 11.3. The molecule has 0 aliphatic carbocycles. The van der Waals surface area contributed by atoms with Crippen molar-refractivity contribution >= 4 is 38.3 Å². The van der Waals surface area contributed by atoms with Gasteiger partial charge in [-0.05, 0) is 37.1 Å². The van der Waals surface area contributed by atoms with E-state index in [4.69, 9.17) is 0 Å². The van der Waals surface area contributed by atoms with Crippen molar-refractivity contribution in [1.29, 1.82) is 0 Å². The molecular weight excluding hydrogens is 582 g/mol. The minimum atomic E-state index is -4.68. The topological polar surface area (TPSA) is 154 Å². The summed E-state index contributed by atoms with van der Waals surface area (Å²) in [6.45, 7) is 3.33. The van der Waals surface area contributed by atoms with Crippen LogP contribution in [-0.4, -0.2) is 63.4 Å². The Hall–Kier alpha value is -4.34. The molecule has 0 bridgehead atoms. The highest BCUT2D eigenvalue weighted by Crippen LogP contribution is 2.36. The van der Waals surface area contributed by atoms with Crippen molar-refractivity contribution in [1.82, 2.24) is 25.1 Å². The predicted molar refractivity (Wildman–Crippen MR) is 147 cm³/mol. The molecule has 0 saturated heterocycles. The fourth-order valence-electron chi connectivity index (χ4n) is 4.47. The maximum atomic E-state index is 14.4. The molecule has 0 atom stereocenters. The zero-order chi connectivity index (χ0) is 30.8. The Morgan fingerprint density at radius 3 is 2.50 bits per heavy atom. The standard InChI is InChI=1S/C26H27F4N7O4S/c1-4-6-20(38)23-22-18(35-36-23)11-17(15-10-16(27)21(39)9-14(15)12-26(28,29)30)34-24(22)33-13-19-25(32-8-7-31-19)37(5-2)42(3,40)41/h7-11,39H,4-6,12-13H2,1-3H3,(H,33,34)(H,35,36). The number of benzene rings is 1. The summed E-state index contributed by atoms with van der Waals surface area (Å²) in [5, 5.41) is 19.8. The number of aromatic hydroxyl groups is 1. The smallest absolute Gasteiger partial charge is 0.393 e. The number of rotatable bonds is 11. The summed E-state index contributed by atoms with van der Waals surface area (Å²) in [6.07, 6.45) is -1.77. The van der Waals surface area contributed by atoms with Gasteiger partial charge in [-0.15, -0.1) is 0 Å². The largest absolute Gasteiger partial charge is 0.505 e. The van der Waals surface area contributed by atoms with E-state index in [2.05, 4.69) is 30.5 Å². The Balaban J connectivity index is 1.88. The summed E-state index contributed by atoms with van der Waals surface area (Å²) in [5.41, 5.74) is -0.317. The van der Waals surface area contributed by atoms with Crippen molar-refractivity contribution in [3.8, 4) is 17.0 Å². The highest BCUT2D eigenvalue weighted by molar-refractivity contribution is 7.92. The van der Waals surface area contributed by atoms with E-state index >= 15 is 0 Å². The fraction of sp³-hybridized carbons (Fsp3) is 0.346. The van der Waals surface area contributed by atoms with Gasteiger partial charge in [0.25, 0.3) is 0 Å². The molecule has 3 heterocycles. The molecule has 0 amide bonds. The zero-order valence-corrected chi connectivity index (χ0v) is 23.6. The summed E-state index contributed by atoms with van der Waals surface area (Å²) < 4.78 is 80.2. The van der Waals surface area contributed by atoms with Gasteiger partial charge in [0, 0.05) is 30.9 Å². The first-order chi connectivity index (χ1) is 19.7. The van der Waals surface area contributed by atoms with Crippen LogP contribution in [0.3, 0.4) is 0 Å². The van der Waals surface area contributed by atoms with Gasteiger partial charge in [-0.1, -0.05) is 6.92 Å². The molecule has 0 aliphatic rings. The molecule has 11 nitrogen and oxygen atoms in total. The zero-order valence-electron chi connectivity index (χ0n) is 22.8. The van der Waals surface area contributed by atoms with Crippen LogP contribution >= 0.6 is 0 Å². The number of phenols is 1. The lowest BCUT2D eigenvalue weighted by molar-refractivity contribution is -0.127. The first kappa shape index (κ1) is 30.6. The number of pyridine rings is 1. The lowest BCUT2D eigenvalue weighted by Gasteiger charge is -2.21. The number of phenolic OH excluding ortho intramolecular Hbond substituents is 1. The van der Waals surface area contributed by atoms with Gasteiger partial charge < -0.3 is 10.4 Å². The number of H-pyrrole nitrogens is 1. The van der Waals surface area contributed by atoms with Gasteiger partial charge in [0.05, 0.1) is 35.8 Å². The van der Waals surface area contributed by atoms with Gasteiger partial charge in [-0.3, -0.25) is 19.2 Å². The number of carbonyl (C=O) groups is 1. The molecule has 0 radical (unpaired) electrons. The van der Waals surface area contributed by atoms with Gasteiger partial charge in [-0.2, -0.15) is 18.3 Å². The summed E-state index contributed by atoms with van der Waals surface area (Å²) >= 11 is 0. The molecule has 3 N–H and O–H groups in total. The molecule has 0 spiro atoms. The van der Waals surface area contributed by atoms with Crippen LogP contribution in [0.1, 0.15) is 48.4 Å². The van der Waals surface area contributed by atoms with Gasteiger partial charge >= 0.3 is 6.18 Å². The van der Waals surface area contributed by atoms with Gasteiger partial charge in [0.2, 0.25) is 10.0 Å². The molecule has 42 heavy (non-hydrogen) atoms. The van der Waals surface area contributed by atoms with E-state index in [1.54, 1.807) is 13.8 Å². The molecule has 0 unspecified atom stereocenters. The quantitative estimate of drug-likeness (QED) is 0.162. The van der Waals surface area contributed by atoms with E-state index < -0.39 is 39.8 Å². The van der Waals surface area contributed by atoms with Gasteiger partial charge in [-0.25, -0.2) is 22.8 Å². The number of halogens is 4.